The summed E-state index contributed by atoms with van der Waals surface area (Å²) in [5.41, 5.74) is 4.19. The monoisotopic (exact) mass is 336 g/mol. The Kier molecular flexibility index (Phi) is 6.08. The second kappa shape index (κ2) is 7.84. The fourth-order valence-electron chi connectivity index (χ4n) is 3.31. The molecule has 0 spiro atoms. The Hall–Kier alpha value is -1.52. The van der Waals surface area contributed by atoms with E-state index in [1.54, 1.807) is 4.90 Å². The molecule has 1 fully saturated rings. The van der Waals surface area contributed by atoms with Crippen molar-refractivity contribution in [2.75, 3.05) is 33.3 Å². The SMILES string of the molecule is CCOC(=O)N(C)C1CCN(CC2=Cc3ccccc32)CC1.Cl. The normalized spacial score (nSPS) is 17.4. The molecule has 1 aromatic rings. The van der Waals surface area contributed by atoms with Crippen LogP contribution in [-0.2, 0) is 4.74 Å². The molecule has 0 N–H and O–H groups in total. The Bertz CT molecular complexity index is 580. The number of amides is 1. The standard InChI is InChI=1S/C18H24N2O2.ClH/c1-3-22-18(21)19(2)16-8-10-20(11-9-16)13-15-12-14-6-4-5-7-17(14)15;/h4-7,12,16H,3,8-11,13H2,1-2H3;1H. The summed E-state index contributed by atoms with van der Waals surface area (Å²) in [7, 11) is 1.85. The number of rotatable bonds is 4. The molecule has 1 amide bonds. The Morgan fingerprint density at radius 2 is 2.00 bits per heavy atom. The van der Waals surface area contributed by atoms with Gasteiger partial charge in [-0.2, -0.15) is 0 Å². The number of halogens is 1. The maximum atomic E-state index is 11.8. The molecule has 5 heteroatoms. The molecular weight excluding hydrogens is 312 g/mol. The van der Waals surface area contributed by atoms with Gasteiger partial charge in [0.1, 0.15) is 0 Å². The molecule has 0 atom stereocenters. The van der Waals surface area contributed by atoms with E-state index < -0.39 is 0 Å². The number of carbonyl (C=O) groups is 1. The van der Waals surface area contributed by atoms with Gasteiger partial charge < -0.3 is 9.64 Å². The number of ether oxygens (including phenoxy) is 1. The lowest BCUT2D eigenvalue weighted by molar-refractivity contribution is 0.0826. The van der Waals surface area contributed by atoms with Gasteiger partial charge in [0, 0.05) is 32.7 Å². The summed E-state index contributed by atoms with van der Waals surface area (Å²) in [5, 5.41) is 0. The number of carbonyl (C=O) groups excluding carboxylic acids is 1. The van der Waals surface area contributed by atoms with Crippen molar-refractivity contribution in [3.8, 4) is 0 Å². The summed E-state index contributed by atoms with van der Waals surface area (Å²) in [6, 6.07) is 8.86. The average molecular weight is 337 g/mol. The van der Waals surface area contributed by atoms with E-state index in [4.69, 9.17) is 4.74 Å². The number of likely N-dealkylation sites (tertiary alicyclic amines) is 1. The van der Waals surface area contributed by atoms with Crippen LogP contribution in [0.15, 0.2) is 24.3 Å². The van der Waals surface area contributed by atoms with E-state index in [-0.39, 0.29) is 18.5 Å². The summed E-state index contributed by atoms with van der Waals surface area (Å²) >= 11 is 0. The molecule has 1 aliphatic carbocycles. The fraction of sp³-hybridized carbons (Fsp3) is 0.500. The van der Waals surface area contributed by atoms with Gasteiger partial charge in [-0.3, -0.25) is 4.90 Å². The van der Waals surface area contributed by atoms with E-state index in [2.05, 4.69) is 35.2 Å². The highest BCUT2D eigenvalue weighted by atomic mass is 35.5. The maximum absolute atomic E-state index is 11.8. The minimum Gasteiger partial charge on any atom is -0.450 e. The van der Waals surface area contributed by atoms with Crippen molar-refractivity contribution in [1.29, 1.82) is 0 Å². The minimum atomic E-state index is -0.198. The Balaban J connectivity index is 0.00000192. The van der Waals surface area contributed by atoms with Gasteiger partial charge in [-0.15, -0.1) is 12.4 Å². The lowest BCUT2D eigenvalue weighted by Gasteiger charge is -2.37. The lowest BCUT2D eigenvalue weighted by atomic mass is 9.88. The van der Waals surface area contributed by atoms with Crippen LogP contribution in [0.2, 0.25) is 0 Å². The molecule has 126 valence electrons. The van der Waals surface area contributed by atoms with Crippen LogP contribution < -0.4 is 0 Å². The van der Waals surface area contributed by atoms with Gasteiger partial charge in [0.15, 0.2) is 0 Å². The molecular formula is C18H25ClN2O2. The summed E-state index contributed by atoms with van der Waals surface area (Å²) in [6.07, 6.45) is 4.12. The highest BCUT2D eigenvalue weighted by molar-refractivity contribution is 5.96. The van der Waals surface area contributed by atoms with Crippen LogP contribution >= 0.6 is 12.4 Å². The zero-order chi connectivity index (χ0) is 15.5. The molecule has 0 saturated carbocycles. The molecule has 0 radical (unpaired) electrons. The summed E-state index contributed by atoms with van der Waals surface area (Å²) in [5.74, 6) is 0. The van der Waals surface area contributed by atoms with Crippen LogP contribution in [0.1, 0.15) is 30.9 Å². The van der Waals surface area contributed by atoms with Gasteiger partial charge in [-0.1, -0.05) is 24.3 Å². The van der Waals surface area contributed by atoms with E-state index >= 15 is 0 Å². The highest BCUT2D eigenvalue weighted by Crippen LogP contribution is 2.33. The molecule has 1 aromatic carbocycles. The number of fused-ring (bicyclic) bond motifs is 1. The van der Waals surface area contributed by atoms with Crippen molar-refractivity contribution in [2.24, 2.45) is 0 Å². The number of piperidine rings is 1. The number of benzene rings is 1. The average Bonchev–Trinajstić information content (AvgIpc) is 2.53. The third kappa shape index (κ3) is 3.88. The van der Waals surface area contributed by atoms with Crippen molar-refractivity contribution in [1.82, 2.24) is 9.80 Å². The molecule has 2 aliphatic rings. The number of hydrogen-bond donors (Lipinski definition) is 0. The molecule has 0 unspecified atom stereocenters. The van der Waals surface area contributed by atoms with E-state index in [9.17, 15) is 4.79 Å². The topological polar surface area (TPSA) is 32.8 Å². The van der Waals surface area contributed by atoms with Crippen molar-refractivity contribution in [2.45, 2.75) is 25.8 Å². The number of hydrogen-bond acceptors (Lipinski definition) is 3. The van der Waals surface area contributed by atoms with Crippen LogP contribution in [-0.4, -0.2) is 55.2 Å². The Morgan fingerprint density at radius 1 is 1.30 bits per heavy atom. The summed E-state index contributed by atoms with van der Waals surface area (Å²) in [6.45, 7) is 5.38. The highest BCUT2D eigenvalue weighted by Gasteiger charge is 2.27. The van der Waals surface area contributed by atoms with E-state index in [0.29, 0.717) is 12.6 Å². The molecule has 23 heavy (non-hydrogen) atoms. The zero-order valence-electron chi connectivity index (χ0n) is 13.8. The van der Waals surface area contributed by atoms with Crippen LogP contribution in [0.4, 0.5) is 4.79 Å². The van der Waals surface area contributed by atoms with Gasteiger partial charge >= 0.3 is 6.09 Å². The van der Waals surface area contributed by atoms with E-state index in [1.165, 1.54) is 16.7 Å². The van der Waals surface area contributed by atoms with Gasteiger partial charge in [0.05, 0.1) is 6.61 Å². The fourth-order valence-corrected chi connectivity index (χ4v) is 3.31. The van der Waals surface area contributed by atoms with Crippen LogP contribution in [0.3, 0.4) is 0 Å². The second-order valence-corrected chi connectivity index (χ2v) is 6.07. The lowest BCUT2D eigenvalue weighted by Crippen LogP contribution is -2.46. The smallest absolute Gasteiger partial charge is 0.409 e. The first-order valence-corrected chi connectivity index (χ1v) is 8.11. The molecule has 0 bridgehead atoms. The predicted octanol–water partition coefficient (Wildman–Crippen LogP) is 3.52. The molecule has 1 saturated heterocycles. The predicted molar refractivity (Wildman–Crippen MR) is 95.8 cm³/mol. The minimum absolute atomic E-state index is 0. The molecule has 3 rings (SSSR count). The van der Waals surface area contributed by atoms with E-state index in [0.717, 1.165) is 32.5 Å². The van der Waals surface area contributed by atoms with Crippen molar-refractivity contribution < 1.29 is 9.53 Å². The molecule has 1 aliphatic heterocycles. The largest absolute Gasteiger partial charge is 0.450 e. The quantitative estimate of drug-likeness (QED) is 0.843. The first-order chi connectivity index (χ1) is 10.7. The van der Waals surface area contributed by atoms with E-state index in [1.807, 2.05) is 14.0 Å². The first kappa shape index (κ1) is 17.8. The van der Waals surface area contributed by atoms with Crippen molar-refractivity contribution in [3.63, 3.8) is 0 Å². The van der Waals surface area contributed by atoms with Gasteiger partial charge in [-0.25, -0.2) is 4.79 Å². The third-order valence-electron chi connectivity index (χ3n) is 4.69. The second-order valence-electron chi connectivity index (χ2n) is 6.07. The number of nitrogens with zero attached hydrogens (tertiary/aromatic N) is 2. The molecule has 4 nitrogen and oxygen atoms in total. The molecule has 1 heterocycles. The summed E-state index contributed by atoms with van der Waals surface area (Å²) < 4.78 is 5.08. The summed E-state index contributed by atoms with van der Waals surface area (Å²) in [4.78, 5) is 16.0. The van der Waals surface area contributed by atoms with Crippen molar-refractivity contribution in [3.05, 3.63) is 35.4 Å². The third-order valence-corrected chi connectivity index (χ3v) is 4.69. The van der Waals surface area contributed by atoms with Crippen molar-refractivity contribution >= 4 is 30.1 Å². The zero-order valence-corrected chi connectivity index (χ0v) is 14.6. The Labute approximate surface area is 144 Å². The maximum Gasteiger partial charge on any atom is 0.409 e. The van der Waals surface area contributed by atoms with Gasteiger partial charge in [-0.05, 0) is 42.5 Å². The van der Waals surface area contributed by atoms with Crippen LogP contribution in [0.25, 0.3) is 11.6 Å². The van der Waals surface area contributed by atoms with Gasteiger partial charge in [0.25, 0.3) is 0 Å². The van der Waals surface area contributed by atoms with Crippen LogP contribution in [0.5, 0.6) is 0 Å². The van der Waals surface area contributed by atoms with Gasteiger partial charge in [0.2, 0.25) is 0 Å². The first-order valence-electron chi connectivity index (χ1n) is 8.11. The Morgan fingerprint density at radius 3 is 2.65 bits per heavy atom. The molecule has 0 aromatic heterocycles. The van der Waals surface area contributed by atoms with Crippen LogP contribution in [0, 0.1) is 0 Å².